The number of benzene rings is 1. The van der Waals surface area contributed by atoms with E-state index < -0.39 is 0 Å². The Morgan fingerprint density at radius 1 is 1.43 bits per heavy atom. The minimum absolute atomic E-state index is 0.0545. The van der Waals surface area contributed by atoms with Crippen molar-refractivity contribution in [3.05, 3.63) is 47.3 Å². The molecule has 1 aromatic heterocycles. The van der Waals surface area contributed by atoms with Gasteiger partial charge >= 0.3 is 0 Å². The maximum absolute atomic E-state index is 11.9. The molecule has 0 aliphatic carbocycles. The number of rotatable bonds is 4. The molecule has 1 amide bonds. The molecule has 0 radical (unpaired) electrons. The highest BCUT2D eigenvalue weighted by Gasteiger charge is 2.11. The first kappa shape index (κ1) is 14.8. The molecule has 0 unspecified atom stereocenters. The van der Waals surface area contributed by atoms with E-state index in [0.717, 1.165) is 23.2 Å². The third-order valence-corrected chi connectivity index (χ3v) is 2.87. The lowest BCUT2D eigenvalue weighted by atomic mass is 10.1. The van der Waals surface area contributed by atoms with Crippen molar-refractivity contribution >= 4 is 11.6 Å². The number of aryl methyl sites for hydroxylation is 1. The predicted octanol–water partition coefficient (Wildman–Crippen LogP) is 2.22. The fourth-order valence-electron chi connectivity index (χ4n) is 1.82. The van der Waals surface area contributed by atoms with E-state index in [0.29, 0.717) is 6.42 Å². The topological polar surface area (TPSA) is 75.4 Å². The van der Waals surface area contributed by atoms with E-state index in [1.165, 1.54) is 12.3 Å². The molecule has 0 saturated carbocycles. The zero-order valence-corrected chi connectivity index (χ0v) is 11.7. The molecule has 0 atom stereocenters. The van der Waals surface area contributed by atoms with Crippen LogP contribution in [0, 0.1) is 11.8 Å². The molecule has 2 rings (SSSR count). The van der Waals surface area contributed by atoms with Gasteiger partial charge < -0.3 is 14.9 Å². The van der Waals surface area contributed by atoms with Gasteiger partial charge in [-0.15, -0.1) is 0 Å². The monoisotopic (exact) mass is 284 g/mol. The summed E-state index contributed by atoms with van der Waals surface area (Å²) in [6.45, 7) is 2.06. The fourth-order valence-corrected chi connectivity index (χ4v) is 1.82. The normalized spacial score (nSPS) is 9.81. The molecule has 5 heteroatoms. The summed E-state index contributed by atoms with van der Waals surface area (Å²) >= 11 is 0. The van der Waals surface area contributed by atoms with Crippen molar-refractivity contribution in [3.8, 4) is 11.8 Å². The maximum Gasteiger partial charge on any atom is 0.294 e. The second-order valence-electron chi connectivity index (χ2n) is 4.33. The molecule has 0 saturated heterocycles. The molecule has 0 spiro atoms. The number of aromatic nitrogens is 1. The Labute approximate surface area is 123 Å². The van der Waals surface area contributed by atoms with Gasteiger partial charge in [-0.05, 0) is 30.2 Å². The Balaban J connectivity index is 2.17. The molecule has 0 aliphatic rings. The van der Waals surface area contributed by atoms with Crippen molar-refractivity contribution < 1.29 is 14.4 Å². The van der Waals surface area contributed by atoms with Crippen LogP contribution in [0.3, 0.4) is 0 Å². The van der Waals surface area contributed by atoms with Crippen LogP contribution in [0.5, 0.6) is 0 Å². The largest absolute Gasteiger partial charge is 0.395 e. The minimum atomic E-state index is -0.332. The third kappa shape index (κ3) is 3.94. The third-order valence-electron chi connectivity index (χ3n) is 2.87. The van der Waals surface area contributed by atoms with Crippen LogP contribution in [-0.2, 0) is 6.42 Å². The lowest BCUT2D eigenvalue weighted by molar-refractivity contribution is 0.0988. The highest BCUT2D eigenvalue weighted by atomic mass is 16.5. The lowest BCUT2D eigenvalue weighted by Gasteiger charge is -2.09. The van der Waals surface area contributed by atoms with Gasteiger partial charge in [-0.2, -0.15) is 0 Å². The zero-order valence-electron chi connectivity index (χ0n) is 11.7. The first-order valence-corrected chi connectivity index (χ1v) is 6.69. The van der Waals surface area contributed by atoms with Crippen LogP contribution in [0.1, 0.15) is 35.0 Å². The molecule has 5 nitrogen and oxygen atoms in total. The van der Waals surface area contributed by atoms with Crippen molar-refractivity contribution in [1.82, 2.24) is 5.16 Å². The highest BCUT2D eigenvalue weighted by molar-refractivity contribution is 6.02. The molecule has 1 aromatic carbocycles. The summed E-state index contributed by atoms with van der Waals surface area (Å²) in [4.78, 5) is 11.9. The summed E-state index contributed by atoms with van der Waals surface area (Å²) in [7, 11) is 0. The molecule has 1 heterocycles. The molecule has 108 valence electrons. The summed E-state index contributed by atoms with van der Waals surface area (Å²) < 4.78 is 4.82. The summed E-state index contributed by atoms with van der Waals surface area (Å²) in [5.41, 5.74) is 2.57. The quantitative estimate of drug-likeness (QED) is 0.844. The van der Waals surface area contributed by atoms with E-state index in [1.54, 1.807) is 0 Å². The molecule has 2 N–H and O–H groups in total. The van der Waals surface area contributed by atoms with Gasteiger partial charge in [0.15, 0.2) is 0 Å². The molecule has 21 heavy (non-hydrogen) atoms. The van der Waals surface area contributed by atoms with Crippen LogP contribution in [0.25, 0.3) is 0 Å². The fraction of sp³-hybridized carbons (Fsp3) is 0.250. The minimum Gasteiger partial charge on any atom is -0.395 e. The first-order chi connectivity index (χ1) is 10.2. The van der Waals surface area contributed by atoms with Gasteiger partial charge in [-0.1, -0.05) is 23.9 Å². The van der Waals surface area contributed by atoms with Crippen LogP contribution < -0.4 is 5.32 Å². The van der Waals surface area contributed by atoms with E-state index >= 15 is 0 Å². The first-order valence-electron chi connectivity index (χ1n) is 6.69. The Morgan fingerprint density at radius 2 is 2.29 bits per heavy atom. The Morgan fingerprint density at radius 3 is 2.95 bits per heavy atom. The summed E-state index contributed by atoms with van der Waals surface area (Å²) in [6.07, 6.45) is 2.64. The lowest BCUT2D eigenvalue weighted by Crippen LogP contribution is -2.12. The number of nitrogens with one attached hydrogen (secondary N) is 1. The van der Waals surface area contributed by atoms with Gasteiger partial charge in [0.2, 0.25) is 5.76 Å². The second kappa shape index (κ2) is 7.27. The number of anilines is 1. The van der Waals surface area contributed by atoms with E-state index in [2.05, 4.69) is 22.3 Å². The van der Waals surface area contributed by atoms with E-state index in [9.17, 15) is 4.79 Å². The van der Waals surface area contributed by atoms with Crippen LogP contribution in [0.2, 0.25) is 0 Å². The molecule has 0 fully saturated rings. The Kier molecular flexibility index (Phi) is 5.13. The zero-order chi connectivity index (χ0) is 15.1. The Hall–Kier alpha value is -2.58. The second-order valence-corrected chi connectivity index (χ2v) is 4.33. The van der Waals surface area contributed by atoms with Crippen LogP contribution >= 0.6 is 0 Å². The smallest absolute Gasteiger partial charge is 0.294 e. The van der Waals surface area contributed by atoms with E-state index in [-0.39, 0.29) is 18.3 Å². The van der Waals surface area contributed by atoms with Gasteiger partial charge in [0.05, 0.1) is 12.8 Å². The van der Waals surface area contributed by atoms with Crippen molar-refractivity contribution in [1.29, 1.82) is 0 Å². The van der Waals surface area contributed by atoms with Crippen molar-refractivity contribution in [2.24, 2.45) is 0 Å². The van der Waals surface area contributed by atoms with Crippen LogP contribution in [0.4, 0.5) is 5.69 Å². The van der Waals surface area contributed by atoms with Gasteiger partial charge in [-0.25, -0.2) is 0 Å². The molecule has 2 aromatic rings. The number of carbonyl (C=O) groups is 1. The SMILES string of the molecule is CCc1cc(C#CCCO)ccc1NC(=O)c1ccno1. The molecule has 0 aliphatic heterocycles. The average molecular weight is 284 g/mol. The van der Waals surface area contributed by atoms with Crippen molar-refractivity contribution in [2.75, 3.05) is 11.9 Å². The van der Waals surface area contributed by atoms with Crippen LogP contribution in [-0.4, -0.2) is 22.8 Å². The molecular formula is C16H16N2O3. The van der Waals surface area contributed by atoms with Crippen molar-refractivity contribution in [2.45, 2.75) is 19.8 Å². The Bertz CT molecular complexity index is 667. The van der Waals surface area contributed by atoms with Gasteiger partial charge in [0, 0.05) is 23.7 Å². The number of nitrogens with zero attached hydrogens (tertiary/aromatic N) is 1. The van der Waals surface area contributed by atoms with Gasteiger partial charge in [0.25, 0.3) is 5.91 Å². The van der Waals surface area contributed by atoms with E-state index in [1.807, 2.05) is 25.1 Å². The number of aliphatic hydroxyl groups excluding tert-OH is 1. The number of hydrogen-bond donors (Lipinski definition) is 2. The number of hydrogen-bond acceptors (Lipinski definition) is 4. The van der Waals surface area contributed by atoms with Gasteiger partial charge in [-0.3, -0.25) is 4.79 Å². The average Bonchev–Trinajstić information content (AvgIpc) is 3.03. The van der Waals surface area contributed by atoms with Gasteiger partial charge in [0.1, 0.15) is 0 Å². The summed E-state index contributed by atoms with van der Waals surface area (Å²) in [6, 6.07) is 7.09. The number of aliphatic hydroxyl groups is 1. The van der Waals surface area contributed by atoms with Crippen molar-refractivity contribution in [3.63, 3.8) is 0 Å². The standard InChI is InChI=1S/C16H16N2O3/c1-2-13-11-12(5-3-4-10-19)6-7-14(13)18-16(20)15-8-9-17-21-15/h6-9,11,19H,2,4,10H2,1H3,(H,18,20). The number of amides is 1. The van der Waals surface area contributed by atoms with E-state index in [4.69, 9.17) is 9.63 Å². The molecular weight excluding hydrogens is 268 g/mol. The maximum atomic E-state index is 11.9. The summed E-state index contributed by atoms with van der Waals surface area (Å²) in [5, 5.41) is 15.0. The predicted molar refractivity (Wildman–Crippen MR) is 78.9 cm³/mol. The number of carbonyl (C=O) groups excluding carboxylic acids is 1. The van der Waals surface area contributed by atoms with Crippen LogP contribution in [0.15, 0.2) is 35.0 Å². The highest BCUT2D eigenvalue weighted by Crippen LogP contribution is 2.19. The summed E-state index contributed by atoms with van der Waals surface area (Å²) in [5.74, 6) is 5.69. The molecule has 0 bridgehead atoms.